The van der Waals surface area contributed by atoms with Crippen LogP contribution in [0.5, 0.6) is 5.75 Å². The van der Waals surface area contributed by atoms with Gasteiger partial charge in [0.2, 0.25) is 0 Å². The molecule has 0 aromatic heterocycles. The Kier molecular flexibility index (Phi) is 4.92. The molecular formula is C17H14BrF2NO3S. The lowest BCUT2D eigenvalue weighted by atomic mass is 10.0. The largest absolute Gasteiger partial charge is 0.383 e. The van der Waals surface area contributed by atoms with E-state index in [2.05, 4.69) is 20.9 Å². The highest BCUT2D eigenvalue weighted by Gasteiger charge is 2.31. The van der Waals surface area contributed by atoms with Crippen molar-refractivity contribution in [2.24, 2.45) is 4.99 Å². The normalized spacial score (nSPS) is 20.4. The number of alkyl halides is 1. The number of nitrogens with zero attached hydrogens (tertiary/aromatic N) is 1. The summed E-state index contributed by atoms with van der Waals surface area (Å²) in [6, 6.07) is 9.85. The minimum Gasteiger partial charge on any atom is -0.383 e. The summed E-state index contributed by atoms with van der Waals surface area (Å²) in [6.07, 6.45) is 1.50. The molecule has 8 heteroatoms. The Morgan fingerprint density at radius 3 is 2.28 bits per heavy atom. The van der Waals surface area contributed by atoms with Gasteiger partial charge in [-0.25, -0.2) is 8.78 Å². The van der Waals surface area contributed by atoms with Crippen LogP contribution in [-0.2, 0) is 10.1 Å². The van der Waals surface area contributed by atoms with E-state index in [1.54, 1.807) is 12.1 Å². The van der Waals surface area contributed by atoms with Gasteiger partial charge in [0.15, 0.2) is 0 Å². The Hall–Kier alpha value is -1.80. The van der Waals surface area contributed by atoms with E-state index >= 15 is 0 Å². The zero-order chi connectivity index (χ0) is 18.2. The molecule has 1 aliphatic rings. The molecule has 0 amide bonds. The van der Waals surface area contributed by atoms with Crippen molar-refractivity contribution in [3.05, 3.63) is 65.2 Å². The van der Waals surface area contributed by atoms with Crippen molar-refractivity contribution in [1.82, 2.24) is 0 Å². The van der Waals surface area contributed by atoms with Crippen molar-refractivity contribution >= 4 is 31.8 Å². The zero-order valence-electron chi connectivity index (χ0n) is 13.1. The number of hydrogen-bond donors (Lipinski definition) is 0. The van der Waals surface area contributed by atoms with Crippen LogP contribution in [0.1, 0.15) is 23.6 Å². The van der Waals surface area contributed by atoms with Gasteiger partial charge in [-0.2, -0.15) is 8.42 Å². The highest BCUT2D eigenvalue weighted by Crippen LogP contribution is 2.36. The number of hydrogen-bond acceptors (Lipinski definition) is 4. The molecular weight excluding hydrogens is 416 g/mol. The first kappa shape index (κ1) is 18.0. The van der Waals surface area contributed by atoms with Gasteiger partial charge >= 0.3 is 10.1 Å². The summed E-state index contributed by atoms with van der Waals surface area (Å²) in [5, 5.41) is 0. The number of aliphatic imine (C=N–C) groups is 1. The number of benzene rings is 2. The zero-order valence-corrected chi connectivity index (χ0v) is 15.5. The van der Waals surface area contributed by atoms with Crippen LogP contribution >= 0.6 is 15.9 Å². The van der Waals surface area contributed by atoms with Gasteiger partial charge in [0.05, 0.1) is 28.4 Å². The summed E-state index contributed by atoms with van der Waals surface area (Å²) in [5.74, 6) is -1.11. The maximum Gasteiger partial charge on any atom is 0.306 e. The van der Waals surface area contributed by atoms with E-state index in [9.17, 15) is 17.2 Å². The molecule has 0 bridgehead atoms. The molecule has 0 spiro atoms. The Labute approximate surface area is 152 Å². The van der Waals surface area contributed by atoms with Crippen LogP contribution in [-0.4, -0.2) is 25.2 Å². The van der Waals surface area contributed by atoms with Crippen LogP contribution in [0.4, 0.5) is 8.78 Å². The number of rotatable bonds is 4. The lowest BCUT2D eigenvalue weighted by molar-refractivity contribution is 0.493. The summed E-state index contributed by atoms with van der Waals surface area (Å²) in [5.41, 5.74) is 1.01. The predicted octanol–water partition coefficient (Wildman–Crippen LogP) is 4.00. The minimum absolute atomic E-state index is 0.121. The molecule has 0 fully saturated rings. The fourth-order valence-corrected chi connectivity index (χ4v) is 3.87. The van der Waals surface area contributed by atoms with Gasteiger partial charge in [0, 0.05) is 0 Å². The lowest BCUT2D eigenvalue weighted by Crippen LogP contribution is -2.14. The Balaban J connectivity index is 1.89. The van der Waals surface area contributed by atoms with E-state index in [1.807, 2.05) is 0 Å². The molecule has 25 heavy (non-hydrogen) atoms. The predicted molar refractivity (Wildman–Crippen MR) is 94.9 cm³/mol. The highest BCUT2D eigenvalue weighted by atomic mass is 79.9. The van der Waals surface area contributed by atoms with Crippen LogP contribution < -0.4 is 4.18 Å². The molecule has 2 aromatic rings. The van der Waals surface area contributed by atoms with Gasteiger partial charge in [-0.1, -0.05) is 34.1 Å². The monoisotopic (exact) mass is 429 g/mol. The lowest BCUT2D eigenvalue weighted by Gasteiger charge is -2.09. The van der Waals surface area contributed by atoms with Gasteiger partial charge in [0.1, 0.15) is 17.4 Å². The molecule has 2 aromatic carbocycles. The van der Waals surface area contributed by atoms with Gasteiger partial charge in [-0.15, -0.1) is 0 Å². The Morgan fingerprint density at radius 2 is 1.72 bits per heavy atom. The molecule has 0 radical (unpaired) electrons. The molecule has 1 aliphatic heterocycles. The summed E-state index contributed by atoms with van der Waals surface area (Å²) >= 11 is 3.43. The molecule has 0 saturated carbocycles. The average Bonchev–Trinajstić information content (AvgIpc) is 2.88. The summed E-state index contributed by atoms with van der Waals surface area (Å²) in [6.45, 7) is 0. The second-order valence-electron chi connectivity index (χ2n) is 5.69. The van der Waals surface area contributed by atoms with Gasteiger partial charge in [-0.05, 0) is 36.2 Å². The first-order chi connectivity index (χ1) is 11.7. The fraction of sp³-hybridized carbons (Fsp3) is 0.235. The van der Waals surface area contributed by atoms with E-state index in [0.29, 0.717) is 12.1 Å². The van der Waals surface area contributed by atoms with Gasteiger partial charge < -0.3 is 4.18 Å². The van der Waals surface area contributed by atoms with Gasteiger partial charge in [-0.3, -0.25) is 4.99 Å². The fourth-order valence-electron chi connectivity index (χ4n) is 2.70. The summed E-state index contributed by atoms with van der Waals surface area (Å²) in [7, 11) is -3.59. The van der Waals surface area contributed by atoms with Gasteiger partial charge in [0.25, 0.3) is 0 Å². The molecule has 4 nitrogen and oxygen atoms in total. The first-order valence-corrected chi connectivity index (χ1v) is 10.1. The molecule has 0 aliphatic carbocycles. The van der Waals surface area contributed by atoms with E-state index in [4.69, 9.17) is 4.18 Å². The minimum atomic E-state index is -3.59. The maximum atomic E-state index is 14.0. The standard InChI is InChI=1S/C17H14BrF2NO3S/c1-25(22,23)24-11-7-5-10(6-8-11)15-9-12(18)17(21-15)16-13(19)3-2-4-14(16)20/h2-8,12,15H,9H2,1H3/t12?,15-/m1/s1. The third-order valence-electron chi connectivity index (χ3n) is 3.75. The SMILES string of the molecule is CS(=O)(=O)Oc1ccc([C@H]2CC(Br)C(c3c(F)cccc3F)=N2)cc1. The van der Waals surface area contributed by atoms with E-state index in [1.165, 1.54) is 30.3 Å². The second-order valence-corrected chi connectivity index (χ2v) is 8.37. The van der Waals surface area contributed by atoms with Crippen molar-refractivity contribution in [2.75, 3.05) is 6.26 Å². The topological polar surface area (TPSA) is 55.7 Å². The van der Waals surface area contributed by atoms with Crippen LogP contribution in [0.25, 0.3) is 0 Å². The summed E-state index contributed by atoms with van der Waals surface area (Å²) in [4.78, 5) is 4.18. The maximum absolute atomic E-state index is 14.0. The van der Waals surface area contributed by atoms with Crippen LogP contribution in [0.15, 0.2) is 47.5 Å². The van der Waals surface area contributed by atoms with Crippen molar-refractivity contribution in [1.29, 1.82) is 0 Å². The molecule has 132 valence electrons. The summed E-state index contributed by atoms with van der Waals surface area (Å²) < 4.78 is 55.0. The van der Waals surface area contributed by atoms with E-state index in [0.717, 1.165) is 11.8 Å². The number of halogens is 3. The molecule has 0 N–H and O–H groups in total. The smallest absolute Gasteiger partial charge is 0.306 e. The van der Waals surface area contributed by atoms with Crippen molar-refractivity contribution in [2.45, 2.75) is 17.3 Å². The van der Waals surface area contributed by atoms with Crippen molar-refractivity contribution in [3.8, 4) is 5.75 Å². The van der Waals surface area contributed by atoms with Crippen LogP contribution in [0, 0.1) is 11.6 Å². The molecule has 2 atom stereocenters. The van der Waals surface area contributed by atoms with Crippen molar-refractivity contribution < 1.29 is 21.4 Å². The Bertz CT molecular complexity index is 909. The molecule has 1 heterocycles. The first-order valence-electron chi connectivity index (χ1n) is 7.40. The quantitative estimate of drug-likeness (QED) is 0.545. The van der Waals surface area contributed by atoms with Crippen LogP contribution in [0.2, 0.25) is 0 Å². The van der Waals surface area contributed by atoms with E-state index < -0.39 is 21.8 Å². The molecule has 0 saturated heterocycles. The molecule has 1 unspecified atom stereocenters. The molecule has 3 rings (SSSR count). The average molecular weight is 430 g/mol. The van der Waals surface area contributed by atoms with E-state index in [-0.39, 0.29) is 22.2 Å². The third-order valence-corrected chi connectivity index (χ3v) is 5.06. The van der Waals surface area contributed by atoms with Crippen LogP contribution in [0.3, 0.4) is 0 Å². The Morgan fingerprint density at radius 1 is 1.12 bits per heavy atom. The highest BCUT2D eigenvalue weighted by molar-refractivity contribution is 9.10. The third kappa shape index (κ3) is 4.07. The second kappa shape index (κ2) is 6.84. The van der Waals surface area contributed by atoms with Crippen molar-refractivity contribution in [3.63, 3.8) is 0 Å².